The van der Waals surface area contributed by atoms with E-state index in [0.717, 1.165) is 11.8 Å². The number of thioether (sulfide) groups is 1. The van der Waals surface area contributed by atoms with Crippen LogP contribution in [0.25, 0.3) is 0 Å². The standard InChI is InChI=1S/C8H12O6S2/c1-4(9)15-3-5-6-7(8(11-2)12-5)14-16(10)13-6/h5-8H,3H2,1-2H3/t5-,6-,7-,8-,16?/m1/s1. The number of carbonyl (C=O) groups excluding carboxylic acids is 1. The van der Waals surface area contributed by atoms with E-state index in [-0.39, 0.29) is 11.2 Å². The third kappa shape index (κ3) is 2.47. The van der Waals surface area contributed by atoms with Gasteiger partial charge in [-0.15, -0.1) is 0 Å². The summed E-state index contributed by atoms with van der Waals surface area (Å²) in [6.07, 6.45) is -1.84. The van der Waals surface area contributed by atoms with Crippen molar-refractivity contribution in [3.05, 3.63) is 0 Å². The van der Waals surface area contributed by atoms with Crippen molar-refractivity contribution >= 4 is 28.2 Å². The SMILES string of the molecule is CO[C@@H]1O[C@H](CSC(C)=O)[C@H]2OS(=O)O[C@@H]12. The van der Waals surface area contributed by atoms with Crippen molar-refractivity contribution in [2.45, 2.75) is 31.5 Å². The van der Waals surface area contributed by atoms with Crippen LogP contribution in [0.5, 0.6) is 0 Å². The average Bonchev–Trinajstić information content (AvgIpc) is 2.72. The fraction of sp³-hybridized carbons (Fsp3) is 0.875. The summed E-state index contributed by atoms with van der Waals surface area (Å²) in [6.45, 7) is 1.48. The molecule has 2 saturated heterocycles. The Labute approximate surface area is 99.8 Å². The number of methoxy groups -OCH3 is 1. The molecule has 16 heavy (non-hydrogen) atoms. The number of rotatable bonds is 3. The Hall–Kier alpha value is 0.01000. The maximum atomic E-state index is 11.1. The van der Waals surface area contributed by atoms with Gasteiger partial charge in [0.1, 0.15) is 12.2 Å². The van der Waals surface area contributed by atoms with E-state index in [1.807, 2.05) is 0 Å². The Morgan fingerprint density at radius 2 is 2.12 bits per heavy atom. The van der Waals surface area contributed by atoms with E-state index in [1.54, 1.807) is 0 Å². The highest BCUT2D eigenvalue weighted by Gasteiger charge is 2.53. The van der Waals surface area contributed by atoms with Crippen LogP contribution in [-0.4, -0.2) is 46.8 Å². The molecule has 2 aliphatic heterocycles. The van der Waals surface area contributed by atoms with Crippen molar-refractivity contribution in [3.63, 3.8) is 0 Å². The first-order valence-electron chi connectivity index (χ1n) is 4.69. The molecule has 0 radical (unpaired) electrons. The van der Waals surface area contributed by atoms with Crippen LogP contribution in [0, 0.1) is 0 Å². The molecule has 0 bridgehead atoms. The lowest BCUT2D eigenvalue weighted by molar-refractivity contribution is -0.138. The highest BCUT2D eigenvalue weighted by molar-refractivity contribution is 8.13. The molecule has 0 N–H and O–H groups in total. The monoisotopic (exact) mass is 268 g/mol. The summed E-state index contributed by atoms with van der Waals surface area (Å²) in [7, 11) is 1.48. The molecule has 2 heterocycles. The van der Waals surface area contributed by atoms with Gasteiger partial charge < -0.3 is 9.47 Å². The van der Waals surface area contributed by atoms with E-state index in [0.29, 0.717) is 5.75 Å². The van der Waals surface area contributed by atoms with Crippen LogP contribution >= 0.6 is 11.8 Å². The van der Waals surface area contributed by atoms with Gasteiger partial charge in [-0.05, 0) is 0 Å². The molecule has 2 rings (SSSR count). The zero-order valence-corrected chi connectivity index (χ0v) is 10.4. The fourth-order valence-electron chi connectivity index (χ4n) is 1.64. The van der Waals surface area contributed by atoms with Gasteiger partial charge in [-0.1, -0.05) is 11.8 Å². The molecule has 8 heteroatoms. The minimum atomic E-state index is -1.74. The first-order chi connectivity index (χ1) is 7.61. The highest BCUT2D eigenvalue weighted by atomic mass is 32.2. The van der Waals surface area contributed by atoms with Crippen molar-refractivity contribution in [1.82, 2.24) is 0 Å². The number of ether oxygens (including phenoxy) is 2. The number of hydrogen-bond acceptors (Lipinski definition) is 7. The lowest BCUT2D eigenvalue weighted by Crippen LogP contribution is -2.31. The smallest absolute Gasteiger partial charge is 0.305 e. The van der Waals surface area contributed by atoms with Gasteiger partial charge in [0.05, 0.1) is 0 Å². The molecule has 0 aromatic carbocycles. The second kappa shape index (κ2) is 5.11. The lowest BCUT2D eigenvalue weighted by Gasteiger charge is -2.14. The zero-order valence-electron chi connectivity index (χ0n) is 8.78. The first kappa shape index (κ1) is 12.5. The second-order valence-electron chi connectivity index (χ2n) is 3.41. The summed E-state index contributed by atoms with van der Waals surface area (Å²) >= 11 is -0.606. The summed E-state index contributed by atoms with van der Waals surface area (Å²) in [4.78, 5) is 10.9. The molecular weight excluding hydrogens is 256 g/mol. The van der Waals surface area contributed by atoms with E-state index in [9.17, 15) is 9.00 Å². The zero-order chi connectivity index (χ0) is 11.7. The van der Waals surface area contributed by atoms with Crippen molar-refractivity contribution < 1.29 is 26.8 Å². The Balaban J connectivity index is 1.99. The molecule has 0 aromatic rings. The first-order valence-corrected chi connectivity index (χ1v) is 6.68. The van der Waals surface area contributed by atoms with Crippen LogP contribution < -0.4 is 0 Å². The van der Waals surface area contributed by atoms with Crippen LogP contribution in [0.15, 0.2) is 0 Å². The van der Waals surface area contributed by atoms with E-state index in [2.05, 4.69) is 0 Å². The molecule has 6 nitrogen and oxygen atoms in total. The van der Waals surface area contributed by atoms with E-state index < -0.39 is 29.9 Å². The molecule has 1 unspecified atom stereocenters. The number of carbonyl (C=O) groups is 1. The molecule has 92 valence electrons. The molecular formula is C8H12O6S2. The van der Waals surface area contributed by atoms with Crippen LogP contribution in [0.3, 0.4) is 0 Å². The predicted molar refractivity (Wildman–Crippen MR) is 56.7 cm³/mol. The van der Waals surface area contributed by atoms with Gasteiger partial charge in [0.25, 0.3) is 0 Å². The molecule has 0 saturated carbocycles. The van der Waals surface area contributed by atoms with Crippen molar-refractivity contribution in [3.8, 4) is 0 Å². The molecule has 0 amide bonds. The maximum absolute atomic E-state index is 11.1. The molecule has 0 aromatic heterocycles. The van der Waals surface area contributed by atoms with Crippen LogP contribution in [0.2, 0.25) is 0 Å². The third-order valence-electron chi connectivity index (χ3n) is 2.33. The van der Waals surface area contributed by atoms with E-state index in [1.165, 1.54) is 14.0 Å². The maximum Gasteiger partial charge on any atom is 0.305 e. The van der Waals surface area contributed by atoms with Crippen molar-refractivity contribution in [1.29, 1.82) is 0 Å². The lowest BCUT2D eigenvalue weighted by atomic mass is 10.2. The Bertz CT molecular complexity index is 309. The minimum Gasteiger partial charge on any atom is -0.353 e. The average molecular weight is 268 g/mol. The Morgan fingerprint density at radius 3 is 2.75 bits per heavy atom. The summed E-state index contributed by atoms with van der Waals surface area (Å²) in [5.41, 5.74) is 0. The molecule has 2 aliphatic rings. The minimum absolute atomic E-state index is 0.000976. The summed E-state index contributed by atoms with van der Waals surface area (Å²) < 4.78 is 31.7. The number of fused-ring (bicyclic) bond motifs is 1. The highest BCUT2D eigenvalue weighted by Crippen LogP contribution is 2.34. The molecule has 0 aliphatic carbocycles. The molecule has 2 fully saturated rings. The number of hydrogen-bond donors (Lipinski definition) is 0. The van der Waals surface area contributed by atoms with Crippen molar-refractivity contribution in [2.24, 2.45) is 0 Å². The molecule has 0 spiro atoms. The summed E-state index contributed by atoms with van der Waals surface area (Å²) in [6, 6.07) is 0. The van der Waals surface area contributed by atoms with Gasteiger partial charge in [-0.2, -0.15) is 4.21 Å². The van der Waals surface area contributed by atoms with Crippen LogP contribution in [-0.2, 0) is 34.0 Å². The quantitative estimate of drug-likeness (QED) is 0.713. The van der Waals surface area contributed by atoms with Gasteiger partial charge in [0.2, 0.25) is 0 Å². The topological polar surface area (TPSA) is 71.1 Å². The van der Waals surface area contributed by atoms with Crippen LogP contribution in [0.4, 0.5) is 0 Å². The van der Waals surface area contributed by atoms with Gasteiger partial charge in [-0.25, -0.2) is 0 Å². The summed E-state index contributed by atoms with van der Waals surface area (Å²) in [5, 5.41) is 0.000976. The van der Waals surface area contributed by atoms with Gasteiger partial charge in [0.15, 0.2) is 17.5 Å². The van der Waals surface area contributed by atoms with Crippen molar-refractivity contribution in [2.75, 3.05) is 12.9 Å². The van der Waals surface area contributed by atoms with Gasteiger partial charge in [-0.3, -0.25) is 13.2 Å². The third-order valence-corrected chi connectivity index (χ3v) is 3.99. The van der Waals surface area contributed by atoms with Gasteiger partial charge in [0, 0.05) is 19.8 Å². The van der Waals surface area contributed by atoms with Crippen LogP contribution in [0.1, 0.15) is 6.92 Å². The predicted octanol–water partition coefficient (Wildman–Crippen LogP) is 0.0001000. The Kier molecular flexibility index (Phi) is 3.98. The normalized spacial score (nSPS) is 42.2. The van der Waals surface area contributed by atoms with E-state index >= 15 is 0 Å². The fourth-order valence-corrected chi connectivity index (χ4v) is 3.15. The molecule has 5 atom stereocenters. The summed E-state index contributed by atoms with van der Waals surface area (Å²) in [5.74, 6) is 0.441. The van der Waals surface area contributed by atoms with Gasteiger partial charge >= 0.3 is 11.4 Å². The Morgan fingerprint density at radius 1 is 1.44 bits per heavy atom. The van der Waals surface area contributed by atoms with E-state index in [4.69, 9.17) is 17.8 Å². The largest absolute Gasteiger partial charge is 0.353 e. The second-order valence-corrected chi connectivity index (χ2v) is 5.40.